The molecule has 1 saturated heterocycles. The lowest BCUT2D eigenvalue weighted by molar-refractivity contribution is -0.134. The average molecular weight is 395 g/mol. The topological polar surface area (TPSA) is 49.9 Å². The third-order valence-corrected chi connectivity index (χ3v) is 5.61. The third kappa shape index (κ3) is 5.37. The maximum absolute atomic E-state index is 12.7. The van der Waals surface area contributed by atoms with Gasteiger partial charge in [-0.25, -0.2) is 0 Å². The van der Waals surface area contributed by atoms with E-state index in [-0.39, 0.29) is 18.4 Å². The summed E-state index contributed by atoms with van der Waals surface area (Å²) in [7, 11) is 0. The maximum atomic E-state index is 12.7. The van der Waals surface area contributed by atoms with Crippen molar-refractivity contribution in [2.24, 2.45) is 0 Å². The van der Waals surface area contributed by atoms with Crippen LogP contribution in [0.5, 0.6) is 5.75 Å². The number of carbonyl (C=O) groups excluding carboxylic acids is 2. The Balaban J connectivity index is 1.53. The van der Waals surface area contributed by atoms with Crippen LogP contribution in [-0.2, 0) is 16.0 Å². The van der Waals surface area contributed by atoms with Crippen molar-refractivity contribution >= 4 is 11.8 Å². The number of ether oxygens (including phenoxy) is 1. The first-order chi connectivity index (χ1) is 14.0. The van der Waals surface area contributed by atoms with Crippen LogP contribution < -0.4 is 4.74 Å². The fraction of sp³-hybridized carbons (Fsp3) is 0.417. The van der Waals surface area contributed by atoms with Gasteiger partial charge in [-0.15, -0.1) is 0 Å². The molecular weight excluding hydrogens is 364 g/mol. The van der Waals surface area contributed by atoms with E-state index in [2.05, 4.69) is 6.07 Å². The molecule has 0 bridgehead atoms. The SMILES string of the molecule is Cc1ccc(C)c(OCC(=O)N2CCCN(C(=O)Cc3ccccc3)CC2)c1C. The molecule has 0 aliphatic carbocycles. The highest BCUT2D eigenvalue weighted by Crippen LogP contribution is 2.25. The number of rotatable bonds is 5. The predicted octanol–water partition coefficient (Wildman–Crippen LogP) is 3.29. The molecular formula is C24H30N2O3. The number of nitrogens with zero attached hydrogens (tertiary/aromatic N) is 2. The smallest absolute Gasteiger partial charge is 0.260 e. The molecule has 0 radical (unpaired) electrons. The van der Waals surface area contributed by atoms with Crippen molar-refractivity contribution < 1.29 is 14.3 Å². The van der Waals surface area contributed by atoms with Crippen LogP contribution in [-0.4, -0.2) is 54.4 Å². The first-order valence-electron chi connectivity index (χ1n) is 10.2. The molecule has 0 saturated carbocycles. The summed E-state index contributed by atoms with van der Waals surface area (Å²) in [6.07, 6.45) is 1.19. The van der Waals surface area contributed by atoms with Crippen molar-refractivity contribution in [3.05, 3.63) is 64.7 Å². The Morgan fingerprint density at radius 2 is 1.45 bits per heavy atom. The summed E-state index contributed by atoms with van der Waals surface area (Å²) >= 11 is 0. The summed E-state index contributed by atoms with van der Waals surface area (Å²) in [5.74, 6) is 0.892. The van der Waals surface area contributed by atoms with E-state index in [1.54, 1.807) is 0 Å². The molecule has 2 amide bonds. The monoisotopic (exact) mass is 394 g/mol. The second-order valence-electron chi connectivity index (χ2n) is 7.72. The first-order valence-corrected chi connectivity index (χ1v) is 10.2. The Kier molecular flexibility index (Phi) is 6.91. The van der Waals surface area contributed by atoms with Crippen molar-refractivity contribution in [1.29, 1.82) is 0 Å². The zero-order valence-electron chi connectivity index (χ0n) is 17.6. The van der Waals surface area contributed by atoms with E-state index < -0.39 is 0 Å². The Morgan fingerprint density at radius 1 is 0.828 bits per heavy atom. The standard InChI is InChI=1S/C24H30N2O3/c1-18-10-11-19(2)24(20(18)3)29-17-23(28)26-13-7-12-25(14-15-26)22(27)16-21-8-5-4-6-9-21/h4-6,8-11H,7,12-17H2,1-3H3. The predicted molar refractivity (Wildman–Crippen MR) is 114 cm³/mol. The maximum Gasteiger partial charge on any atom is 0.260 e. The summed E-state index contributed by atoms with van der Waals surface area (Å²) < 4.78 is 5.89. The van der Waals surface area contributed by atoms with Crippen LogP contribution >= 0.6 is 0 Å². The van der Waals surface area contributed by atoms with Crippen LogP contribution in [0.4, 0.5) is 0 Å². The second-order valence-corrected chi connectivity index (χ2v) is 7.72. The molecule has 0 aromatic heterocycles. The van der Waals surface area contributed by atoms with Gasteiger partial charge in [-0.2, -0.15) is 0 Å². The average Bonchev–Trinajstić information content (AvgIpc) is 2.98. The summed E-state index contributed by atoms with van der Waals surface area (Å²) in [6.45, 7) is 8.55. The van der Waals surface area contributed by atoms with Crippen molar-refractivity contribution in [3.8, 4) is 5.75 Å². The molecule has 3 rings (SSSR count). The molecule has 1 fully saturated rings. The quantitative estimate of drug-likeness (QED) is 0.782. The van der Waals surface area contributed by atoms with Crippen LogP contribution in [0, 0.1) is 20.8 Å². The van der Waals surface area contributed by atoms with E-state index in [9.17, 15) is 9.59 Å². The summed E-state index contributed by atoms with van der Waals surface area (Å²) in [5.41, 5.74) is 4.29. The Labute approximate surface area is 173 Å². The molecule has 154 valence electrons. The third-order valence-electron chi connectivity index (χ3n) is 5.61. The van der Waals surface area contributed by atoms with Crippen LogP contribution in [0.25, 0.3) is 0 Å². The molecule has 1 aliphatic rings. The molecule has 0 atom stereocenters. The zero-order chi connectivity index (χ0) is 20.8. The van der Waals surface area contributed by atoms with Gasteiger partial charge < -0.3 is 14.5 Å². The van der Waals surface area contributed by atoms with Crippen LogP contribution in [0.3, 0.4) is 0 Å². The van der Waals surface area contributed by atoms with Gasteiger partial charge in [-0.1, -0.05) is 42.5 Å². The molecule has 5 heteroatoms. The van der Waals surface area contributed by atoms with Crippen molar-refractivity contribution in [3.63, 3.8) is 0 Å². The van der Waals surface area contributed by atoms with E-state index in [0.29, 0.717) is 32.6 Å². The van der Waals surface area contributed by atoms with E-state index in [1.807, 2.05) is 67.0 Å². The van der Waals surface area contributed by atoms with E-state index in [4.69, 9.17) is 4.74 Å². The van der Waals surface area contributed by atoms with Crippen molar-refractivity contribution in [2.75, 3.05) is 32.8 Å². The molecule has 1 aliphatic heterocycles. The van der Waals surface area contributed by atoms with Gasteiger partial charge in [0.2, 0.25) is 5.91 Å². The van der Waals surface area contributed by atoms with Gasteiger partial charge in [0, 0.05) is 26.2 Å². The largest absolute Gasteiger partial charge is 0.483 e. The van der Waals surface area contributed by atoms with Crippen LogP contribution in [0.15, 0.2) is 42.5 Å². The highest BCUT2D eigenvalue weighted by Gasteiger charge is 2.22. The number of benzene rings is 2. The van der Waals surface area contributed by atoms with Gasteiger partial charge in [0.05, 0.1) is 6.42 Å². The lowest BCUT2D eigenvalue weighted by Gasteiger charge is -2.23. The molecule has 0 unspecified atom stereocenters. The number of amides is 2. The van der Waals surface area contributed by atoms with Gasteiger partial charge >= 0.3 is 0 Å². The lowest BCUT2D eigenvalue weighted by Crippen LogP contribution is -2.39. The molecule has 1 heterocycles. The number of hydrogen-bond donors (Lipinski definition) is 0. The van der Waals surface area contributed by atoms with Crippen molar-refractivity contribution in [1.82, 2.24) is 9.80 Å². The van der Waals surface area contributed by atoms with Gasteiger partial charge in [0.15, 0.2) is 6.61 Å². The minimum absolute atomic E-state index is 0.0253. The van der Waals surface area contributed by atoms with Crippen LogP contribution in [0.2, 0.25) is 0 Å². The van der Waals surface area contributed by atoms with E-state index >= 15 is 0 Å². The molecule has 2 aromatic carbocycles. The summed E-state index contributed by atoms with van der Waals surface area (Å²) in [5, 5.41) is 0. The summed E-state index contributed by atoms with van der Waals surface area (Å²) in [4.78, 5) is 29.0. The number of aryl methyl sites for hydroxylation is 2. The van der Waals surface area contributed by atoms with Gasteiger partial charge in [0.1, 0.15) is 5.75 Å². The van der Waals surface area contributed by atoms with Crippen molar-refractivity contribution in [2.45, 2.75) is 33.6 Å². The normalized spacial score (nSPS) is 14.4. The van der Waals surface area contributed by atoms with Crippen LogP contribution in [0.1, 0.15) is 28.7 Å². The molecule has 0 spiro atoms. The number of hydrogen-bond acceptors (Lipinski definition) is 3. The highest BCUT2D eigenvalue weighted by molar-refractivity contribution is 5.80. The highest BCUT2D eigenvalue weighted by atomic mass is 16.5. The molecule has 5 nitrogen and oxygen atoms in total. The fourth-order valence-electron chi connectivity index (χ4n) is 3.67. The molecule has 2 aromatic rings. The minimum atomic E-state index is -0.0253. The molecule has 29 heavy (non-hydrogen) atoms. The molecule has 0 N–H and O–H groups in total. The summed E-state index contributed by atoms with van der Waals surface area (Å²) in [6, 6.07) is 13.9. The Hall–Kier alpha value is -2.82. The van der Waals surface area contributed by atoms with E-state index in [0.717, 1.165) is 34.4 Å². The van der Waals surface area contributed by atoms with Gasteiger partial charge in [-0.3, -0.25) is 9.59 Å². The minimum Gasteiger partial charge on any atom is -0.483 e. The zero-order valence-corrected chi connectivity index (χ0v) is 17.6. The Morgan fingerprint density at radius 3 is 2.14 bits per heavy atom. The first kappa shape index (κ1) is 20.9. The fourth-order valence-corrected chi connectivity index (χ4v) is 3.67. The Bertz CT molecular complexity index is 864. The van der Waals surface area contributed by atoms with Gasteiger partial charge in [0.25, 0.3) is 5.91 Å². The second kappa shape index (κ2) is 9.59. The number of carbonyl (C=O) groups is 2. The lowest BCUT2D eigenvalue weighted by atomic mass is 10.1. The van der Waals surface area contributed by atoms with Gasteiger partial charge in [-0.05, 0) is 49.4 Å². The van der Waals surface area contributed by atoms with E-state index in [1.165, 1.54) is 0 Å².